The van der Waals surface area contributed by atoms with Gasteiger partial charge in [-0.2, -0.15) is 0 Å². The van der Waals surface area contributed by atoms with Crippen molar-refractivity contribution < 1.29 is 19.7 Å². The fourth-order valence-corrected chi connectivity index (χ4v) is 1.22. The molecule has 0 fully saturated rings. The van der Waals surface area contributed by atoms with Gasteiger partial charge in [-0.1, -0.05) is 0 Å². The largest absolute Gasteiger partial charge is 0.464 e. The van der Waals surface area contributed by atoms with Gasteiger partial charge in [0.2, 0.25) is 5.91 Å². The van der Waals surface area contributed by atoms with Crippen LogP contribution in [0.25, 0.3) is 0 Å². The minimum atomic E-state index is -1.27. The third-order valence-corrected chi connectivity index (χ3v) is 2.04. The molecule has 0 saturated heterocycles. The molecule has 1 aromatic heterocycles. The van der Waals surface area contributed by atoms with Gasteiger partial charge in [-0.15, -0.1) is 0 Å². The fraction of sp³-hybridized carbons (Fsp3) is 0.500. The summed E-state index contributed by atoms with van der Waals surface area (Å²) < 4.78 is 5.03. The number of carbonyl (C=O) groups is 1. The summed E-state index contributed by atoms with van der Waals surface area (Å²) in [5.41, 5.74) is 5.21. The van der Waals surface area contributed by atoms with Gasteiger partial charge in [0.15, 0.2) is 0 Å². The molecule has 7 heteroatoms. The number of aromatic nitrogens is 2. The van der Waals surface area contributed by atoms with Gasteiger partial charge in [0.1, 0.15) is 6.10 Å². The molecule has 94 valence electrons. The van der Waals surface area contributed by atoms with Crippen LogP contribution in [0.2, 0.25) is 0 Å². The van der Waals surface area contributed by atoms with Gasteiger partial charge in [0, 0.05) is 18.0 Å². The van der Waals surface area contributed by atoms with E-state index in [0.29, 0.717) is 12.2 Å². The lowest BCUT2D eigenvalue weighted by molar-refractivity contribution is -0.121. The zero-order valence-corrected chi connectivity index (χ0v) is 9.41. The van der Waals surface area contributed by atoms with Crippen LogP contribution >= 0.6 is 0 Å². The van der Waals surface area contributed by atoms with Crippen molar-refractivity contribution in [3.8, 4) is 6.01 Å². The van der Waals surface area contributed by atoms with Crippen molar-refractivity contribution in [2.24, 2.45) is 5.73 Å². The zero-order chi connectivity index (χ0) is 12.8. The average Bonchev–Trinajstić information content (AvgIpc) is 2.28. The van der Waals surface area contributed by atoms with Crippen LogP contribution in [0.4, 0.5) is 0 Å². The van der Waals surface area contributed by atoms with Crippen molar-refractivity contribution in [2.45, 2.75) is 25.6 Å². The number of hydrogen-bond acceptors (Lipinski definition) is 6. The van der Waals surface area contributed by atoms with E-state index >= 15 is 0 Å². The molecule has 0 aliphatic carbocycles. The first-order valence-corrected chi connectivity index (χ1v) is 5.13. The molecule has 1 rings (SSSR count). The smallest absolute Gasteiger partial charge is 0.316 e. The first kappa shape index (κ1) is 13.3. The molecule has 2 atom stereocenters. The monoisotopic (exact) mass is 241 g/mol. The summed E-state index contributed by atoms with van der Waals surface area (Å²) >= 11 is 0. The third-order valence-electron chi connectivity index (χ3n) is 2.04. The van der Waals surface area contributed by atoms with Crippen LogP contribution in [-0.2, 0) is 4.79 Å². The Morgan fingerprint density at radius 3 is 2.53 bits per heavy atom. The van der Waals surface area contributed by atoms with E-state index in [9.17, 15) is 15.0 Å². The van der Waals surface area contributed by atoms with Crippen LogP contribution in [0, 0.1) is 0 Å². The summed E-state index contributed by atoms with van der Waals surface area (Å²) in [6, 6.07) is 0.188. The summed E-state index contributed by atoms with van der Waals surface area (Å²) in [5.74, 6) is -0.691. The number of nitrogens with zero attached hydrogens (tertiary/aromatic N) is 2. The second-order valence-corrected chi connectivity index (χ2v) is 3.41. The summed E-state index contributed by atoms with van der Waals surface area (Å²) in [6.45, 7) is 2.23. The molecule has 0 radical (unpaired) electrons. The minimum absolute atomic E-state index is 0.188. The number of aliphatic hydroxyl groups is 2. The fourth-order valence-electron chi connectivity index (χ4n) is 1.22. The van der Waals surface area contributed by atoms with Gasteiger partial charge in [0.05, 0.1) is 19.1 Å². The average molecular weight is 241 g/mol. The van der Waals surface area contributed by atoms with E-state index in [0.717, 1.165) is 0 Å². The van der Waals surface area contributed by atoms with Crippen molar-refractivity contribution in [1.82, 2.24) is 9.97 Å². The van der Waals surface area contributed by atoms with E-state index in [1.54, 1.807) is 6.92 Å². The number of carbonyl (C=O) groups excluding carboxylic acids is 1. The van der Waals surface area contributed by atoms with E-state index in [1.165, 1.54) is 12.4 Å². The molecule has 4 N–H and O–H groups in total. The lowest BCUT2D eigenvalue weighted by atomic mass is 10.1. The molecular formula is C10H15N3O4. The number of nitrogens with two attached hydrogens (primary N) is 1. The molecule has 0 aliphatic heterocycles. The molecular weight excluding hydrogens is 226 g/mol. The second kappa shape index (κ2) is 6.12. The SMILES string of the molecule is CCOc1ncc(C(O)C(O)CC(N)=O)cn1. The Hall–Kier alpha value is -1.73. The van der Waals surface area contributed by atoms with E-state index in [-0.39, 0.29) is 12.4 Å². The Bertz CT molecular complexity index is 368. The van der Waals surface area contributed by atoms with Crippen LogP contribution in [0.15, 0.2) is 12.4 Å². The number of primary amides is 1. The molecule has 0 bridgehead atoms. The predicted octanol–water partition coefficient (Wildman–Crippen LogP) is -0.855. The zero-order valence-electron chi connectivity index (χ0n) is 9.41. The number of rotatable bonds is 6. The Balaban J connectivity index is 2.68. The molecule has 1 aromatic rings. The molecule has 1 heterocycles. The lowest BCUT2D eigenvalue weighted by Crippen LogP contribution is -2.25. The van der Waals surface area contributed by atoms with Crippen LogP contribution in [0.5, 0.6) is 6.01 Å². The summed E-state index contributed by atoms with van der Waals surface area (Å²) in [4.78, 5) is 18.2. The standard InChI is InChI=1S/C10H15N3O4/c1-2-17-10-12-4-6(5-13-10)9(16)7(14)3-8(11)15/h4-5,7,9,14,16H,2-3H2,1H3,(H2,11,15). The van der Waals surface area contributed by atoms with Crippen molar-refractivity contribution in [1.29, 1.82) is 0 Å². The normalized spacial score (nSPS) is 14.1. The highest BCUT2D eigenvalue weighted by molar-refractivity contribution is 5.74. The van der Waals surface area contributed by atoms with Gasteiger partial charge in [-0.25, -0.2) is 9.97 Å². The first-order valence-electron chi connectivity index (χ1n) is 5.13. The topological polar surface area (TPSA) is 119 Å². The second-order valence-electron chi connectivity index (χ2n) is 3.41. The van der Waals surface area contributed by atoms with Crippen LogP contribution in [-0.4, -0.2) is 38.8 Å². The Morgan fingerprint density at radius 2 is 2.06 bits per heavy atom. The van der Waals surface area contributed by atoms with Crippen LogP contribution in [0.3, 0.4) is 0 Å². The maximum Gasteiger partial charge on any atom is 0.316 e. The number of amides is 1. The van der Waals surface area contributed by atoms with Crippen molar-refractivity contribution in [3.63, 3.8) is 0 Å². The van der Waals surface area contributed by atoms with Gasteiger partial charge in [0.25, 0.3) is 0 Å². The molecule has 17 heavy (non-hydrogen) atoms. The van der Waals surface area contributed by atoms with Crippen LogP contribution in [0.1, 0.15) is 25.0 Å². The van der Waals surface area contributed by atoms with Crippen molar-refractivity contribution >= 4 is 5.91 Å². The first-order chi connectivity index (χ1) is 8.04. The number of ether oxygens (including phenoxy) is 1. The molecule has 2 unspecified atom stereocenters. The Morgan fingerprint density at radius 1 is 1.47 bits per heavy atom. The predicted molar refractivity (Wildman–Crippen MR) is 58.0 cm³/mol. The quantitative estimate of drug-likeness (QED) is 0.596. The van der Waals surface area contributed by atoms with Crippen molar-refractivity contribution in [2.75, 3.05) is 6.61 Å². The van der Waals surface area contributed by atoms with E-state index in [2.05, 4.69) is 9.97 Å². The summed E-state index contributed by atoms with van der Waals surface area (Å²) in [5, 5.41) is 19.2. The lowest BCUT2D eigenvalue weighted by Gasteiger charge is -2.16. The highest BCUT2D eigenvalue weighted by atomic mass is 16.5. The van der Waals surface area contributed by atoms with Gasteiger partial charge < -0.3 is 20.7 Å². The van der Waals surface area contributed by atoms with Crippen molar-refractivity contribution in [3.05, 3.63) is 18.0 Å². The van der Waals surface area contributed by atoms with E-state index in [1.807, 2.05) is 0 Å². The highest BCUT2D eigenvalue weighted by Crippen LogP contribution is 2.18. The highest BCUT2D eigenvalue weighted by Gasteiger charge is 2.21. The molecule has 0 aliphatic rings. The number of aliphatic hydroxyl groups excluding tert-OH is 2. The summed E-state index contributed by atoms with van der Waals surface area (Å²) in [6.07, 6.45) is -0.194. The third kappa shape index (κ3) is 3.97. The molecule has 1 amide bonds. The molecule has 0 spiro atoms. The number of hydrogen-bond donors (Lipinski definition) is 3. The minimum Gasteiger partial charge on any atom is -0.464 e. The molecule has 0 aromatic carbocycles. The molecule has 7 nitrogen and oxygen atoms in total. The Labute approximate surface area is 98.3 Å². The van der Waals surface area contributed by atoms with Gasteiger partial charge in [-0.05, 0) is 6.92 Å². The van der Waals surface area contributed by atoms with Gasteiger partial charge >= 0.3 is 6.01 Å². The molecule has 0 saturated carbocycles. The Kier molecular flexibility index (Phi) is 4.80. The van der Waals surface area contributed by atoms with Crippen LogP contribution < -0.4 is 10.5 Å². The maximum atomic E-state index is 10.6. The van der Waals surface area contributed by atoms with E-state index in [4.69, 9.17) is 10.5 Å². The van der Waals surface area contributed by atoms with E-state index < -0.39 is 18.1 Å². The summed E-state index contributed by atoms with van der Waals surface area (Å²) in [7, 11) is 0. The van der Waals surface area contributed by atoms with Gasteiger partial charge in [-0.3, -0.25) is 4.79 Å². The maximum absolute atomic E-state index is 10.6.